The number of hydrogen-bond donors (Lipinski definition) is 2. The van der Waals surface area contributed by atoms with Gasteiger partial charge in [0.2, 0.25) is 5.91 Å². The minimum absolute atomic E-state index is 0.289. The van der Waals surface area contributed by atoms with Crippen molar-refractivity contribution < 1.29 is 4.79 Å². The summed E-state index contributed by atoms with van der Waals surface area (Å²) >= 11 is 15.3. The summed E-state index contributed by atoms with van der Waals surface area (Å²) in [5, 5.41) is 3.34. The van der Waals surface area contributed by atoms with E-state index in [2.05, 4.69) is 21.2 Å². The van der Waals surface area contributed by atoms with Gasteiger partial charge in [0, 0.05) is 4.47 Å². The molecule has 0 spiro atoms. The van der Waals surface area contributed by atoms with E-state index in [9.17, 15) is 4.79 Å². The van der Waals surface area contributed by atoms with E-state index in [0.29, 0.717) is 20.2 Å². The minimum atomic E-state index is -0.629. The third kappa shape index (κ3) is 3.60. The molecule has 0 bridgehead atoms. The maximum atomic E-state index is 12.0. The van der Waals surface area contributed by atoms with Crippen LogP contribution in [0.5, 0.6) is 0 Å². The molecule has 1 aromatic rings. The van der Waals surface area contributed by atoms with E-state index in [-0.39, 0.29) is 11.3 Å². The van der Waals surface area contributed by atoms with E-state index in [1.165, 1.54) is 0 Å². The molecular weight excluding hydrogens is 339 g/mol. The number of amides is 1. The standard InChI is InChI=1S/C12H15BrCl2N2O/c1-12(2,3)10(16)11(18)17-7-5-4-6(13)8(14)9(7)15/h4-5,10H,16H2,1-3H3,(H,17,18). The quantitative estimate of drug-likeness (QED) is 0.787. The Balaban J connectivity index is 2.93. The molecule has 1 atom stereocenters. The maximum absolute atomic E-state index is 12.0. The molecule has 0 aromatic heterocycles. The highest BCUT2D eigenvalue weighted by atomic mass is 79.9. The lowest BCUT2D eigenvalue weighted by Gasteiger charge is -2.26. The normalized spacial score (nSPS) is 13.3. The van der Waals surface area contributed by atoms with Crippen molar-refractivity contribution in [3.05, 3.63) is 26.7 Å². The molecule has 0 aliphatic heterocycles. The van der Waals surface area contributed by atoms with E-state index in [4.69, 9.17) is 28.9 Å². The number of carbonyl (C=O) groups is 1. The van der Waals surface area contributed by atoms with Crippen LogP contribution in [0, 0.1) is 5.41 Å². The van der Waals surface area contributed by atoms with Crippen LogP contribution in [0.15, 0.2) is 16.6 Å². The van der Waals surface area contributed by atoms with Crippen LogP contribution in [0.3, 0.4) is 0 Å². The molecule has 0 fully saturated rings. The van der Waals surface area contributed by atoms with Crippen molar-refractivity contribution in [3.8, 4) is 0 Å². The Morgan fingerprint density at radius 2 is 1.89 bits per heavy atom. The first kappa shape index (κ1) is 15.8. The molecule has 1 amide bonds. The van der Waals surface area contributed by atoms with E-state index in [0.717, 1.165) is 0 Å². The summed E-state index contributed by atoms with van der Waals surface area (Å²) < 4.78 is 0.673. The summed E-state index contributed by atoms with van der Waals surface area (Å²) in [6.45, 7) is 5.69. The Bertz CT molecular complexity index is 472. The van der Waals surface area contributed by atoms with Crippen molar-refractivity contribution >= 4 is 50.7 Å². The Kier molecular flexibility index (Phi) is 5.06. The number of carbonyl (C=O) groups excluding carboxylic acids is 1. The number of hydrogen-bond acceptors (Lipinski definition) is 2. The van der Waals surface area contributed by atoms with Crippen molar-refractivity contribution in [2.75, 3.05) is 5.32 Å². The van der Waals surface area contributed by atoms with Gasteiger partial charge in [0.05, 0.1) is 21.8 Å². The fraction of sp³-hybridized carbons (Fsp3) is 0.417. The Morgan fingerprint density at radius 1 is 1.33 bits per heavy atom. The summed E-state index contributed by atoms with van der Waals surface area (Å²) in [6, 6.07) is 2.76. The van der Waals surface area contributed by atoms with Gasteiger partial charge in [-0.25, -0.2) is 0 Å². The van der Waals surface area contributed by atoms with Gasteiger partial charge in [-0.3, -0.25) is 4.79 Å². The summed E-state index contributed by atoms with van der Waals surface area (Å²) in [4.78, 5) is 12.0. The average Bonchev–Trinajstić information content (AvgIpc) is 2.27. The predicted molar refractivity (Wildman–Crippen MR) is 80.2 cm³/mol. The summed E-state index contributed by atoms with van der Waals surface area (Å²) in [7, 11) is 0. The second kappa shape index (κ2) is 5.78. The van der Waals surface area contributed by atoms with E-state index >= 15 is 0 Å². The molecule has 18 heavy (non-hydrogen) atoms. The van der Waals surface area contributed by atoms with E-state index in [1.807, 2.05) is 20.8 Å². The van der Waals surface area contributed by atoms with E-state index in [1.54, 1.807) is 12.1 Å². The molecule has 0 aliphatic rings. The van der Waals surface area contributed by atoms with Crippen molar-refractivity contribution in [2.45, 2.75) is 26.8 Å². The fourth-order valence-corrected chi connectivity index (χ4v) is 2.05. The number of nitrogens with two attached hydrogens (primary N) is 1. The maximum Gasteiger partial charge on any atom is 0.241 e. The first-order chi connectivity index (χ1) is 8.14. The van der Waals surface area contributed by atoms with Gasteiger partial charge in [-0.05, 0) is 33.5 Å². The Hall–Kier alpha value is -0.290. The number of anilines is 1. The van der Waals surface area contributed by atoms with Crippen LogP contribution in [0.4, 0.5) is 5.69 Å². The first-order valence-corrected chi connectivity index (χ1v) is 6.89. The van der Waals surface area contributed by atoms with Crippen LogP contribution in [-0.4, -0.2) is 11.9 Å². The van der Waals surface area contributed by atoms with Crippen LogP contribution in [0.25, 0.3) is 0 Å². The zero-order valence-corrected chi connectivity index (χ0v) is 13.4. The number of nitrogens with one attached hydrogen (secondary N) is 1. The largest absolute Gasteiger partial charge is 0.323 e. The lowest BCUT2D eigenvalue weighted by atomic mass is 9.87. The molecule has 3 N–H and O–H groups in total. The Morgan fingerprint density at radius 3 is 2.39 bits per heavy atom. The SMILES string of the molecule is CC(C)(C)C(N)C(=O)Nc1ccc(Br)c(Cl)c1Cl. The molecular formula is C12H15BrCl2N2O. The minimum Gasteiger partial charge on any atom is -0.323 e. The molecule has 0 radical (unpaired) electrons. The zero-order valence-electron chi connectivity index (χ0n) is 10.4. The highest BCUT2D eigenvalue weighted by Crippen LogP contribution is 2.36. The lowest BCUT2D eigenvalue weighted by Crippen LogP contribution is -2.45. The molecule has 0 aliphatic carbocycles. The molecule has 1 rings (SSSR count). The monoisotopic (exact) mass is 352 g/mol. The second-order valence-corrected chi connectivity index (χ2v) is 6.67. The molecule has 100 valence electrons. The van der Waals surface area contributed by atoms with Crippen molar-refractivity contribution in [2.24, 2.45) is 11.1 Å². The number of rotatable bonds is 2. The third-order valence-electron chi connectivity index (χ3n) is 2.51. The van der Waals surface area contributed by atoms with Gasteiger partial charge in [-0.2, -0.15) is 0 Å². The Labute approximate surface area is 125 Å². The number of halogens is 3. The first-order valence-electron chi connectivity index (χ1n) is 5.34. The van der Waals surface area contributed by atoms with Crippen LogP contribution in [0.2, 0.25) is 10.0 Å². The highest BCUT2D eigenvalue weighted by Gasteiger charge is 2.28. The molecule has 0 saturated carbocycles. The van der Waals surface area contributed by atoms with Crippen LogP contribution in [-0.2, 0) is 4.79 Å². The van der Waals surface area contributed by atoms with Gasteiger partial charge < -0.3 is 11.1 Å². The van der Waals surface area contributed by atoms with Gasteiger partial charge in [0.15, 0.2) is 0 Å². The predicted octanol–water partition coefficient (Wildman–Crippen LogP) is 4.07. The molecule has 0 heterocycles. The van der Waals surface area contributed by atoms with Crippen molar-refractivity contribution in [1.82, 2.24) is 0 Å². The van der Waals surface area contributed by atoms with Gasteiger partial charge in [0.1, 0.15) is 0 Å². The van der Waals surface area contributed by atoms with Crippen LogP contribution < -0.4 is 11.1 Å². The van der Waals surface area contributed by atoms with Crippen molar-refractivity contribution in [1.29, 1.82) is 0 Å². The van der Waals surface area contributed by atoms with Gasteiger partial charge in [0.25, 0.3) is 0 Å². The second-order valence-electron chi connectivity index (χ2n) is 5.06. The summed E-state index contributed by atoms with van der Waals surface area (Å²) in [6.07, 6.45) is 0. The summed E-state index contributed by atoms with van der Waals surface area (Å²) in [5.74, 6) is -0.289. The van der Waals surface area contributed by atoms with E-state index < -0.39 is 6.04 Å². The lowest BCUT2D eigenvalue weighted by molar-refractivity contribution is -0.119. The fourth-order valence-electron chi connectivity index (χ4n) is 1.23. The molecule has 1 unspecified atom stereocenters. The van der Waals surface area contributed by atoms with Gasteiger partial charge >= 0.3 is 0 Å². The highest BCUT2D eigenvalue weighted by molar-refractivity contribution is 9.10. The van der Waals surface area contributed by atoms with Crippen LogP contribution in [0.1, 0.15) is 20.8 Å². The third-order valence-corrected chi connectivity index (χ3v) is 4.28. The molecule has 3 nitrogen and oxygen atoms in total. The van der Waals surface area contributed by atoms with Crippen molar-refractivity contribution in [3.63, 3.8) is 0 Å². The smallest absolute Gasteiger partial charge is 0.241 e. The van der Waals surface area contributed by atoms with Gasteiger partial charge in [-0.1, -0.05) is 44.0 Å². The molecule has 1 aromatic carbocycles. The zero-order chi connectivity index (χ0) is 14.1. The molecule has 6 heteroatoms. The van der Waals surface area contributed by atoms with Crippen LogP contribution >= 0.6 is 39.1 Å². The topological polar surface area (TPSA) is 55.1 Å². The molecule has 0 saturated heterocycles. The number of benzene rings is 1. The summed E-state index contributed by atoms with van der Waals surface area (Å²) in [5.41, 5.74) is 5.99. The van der Waals surface area contributed by atoms with Gasteiger partial charge in [-0.15, -0.1) is 0 Å². The average molecular weight is 354 g/mol.